The Morgan fingerprint density at radius 3 is 1.60 bits per heavy atom. The van der Waals surface area contributed by atoms with Crippen LogP contribution < -0.4 is 21.3 Å². The molecule has 0 atom stereocenters. The number of hydrogen-bond acceptors (Lipinski definition) is 7. The maximum absolute atomic E-state index is 5.93. The van der Waals surface area contributed by atoms with Crippen molar-refractivity contribution in [3.05, 3.63) is 6.33 Å². The predicted octanol–water partition coefficient (Wildman–Crippen LogP) is -0.273. The van der Waals surface area contributed by atoms with Crippen molar-refractivity contribution in [2.45, 2.75) is 37.8 Å². The van der Waals surface area contributed by atoms with Gasteiger partial charge in [0.05, 0.1) is 0 Å². The molecule has 2 aliphatic heterocycles. The van der Waals surface area contributed by atoms with E-state index in [9.17, 15) is 0 Å². The lowest BCUT2D eigenvalue weighted by Gasteiger charge is -2.32. The van der Waals surface area contributed by atoms with Crippen molar-refractivity contribution < 1.29 is 0 Å². The largest absolute Gasteiger partial charge is 0.341 e. The molecule has 20 heavy (non-hydrogen) atoms. The summed E-state index contributed by atoms with van der Waals surface area (Å²) >= 11 is 0. The number of rotatable bonds is 2. The average molecular weight is 277 g/mol. The smallest absolute Gasteiger partial charge is 0.230 e. The van der Waals surface area contributed by atoms with Crippen molar-refractivity contribution in [3.63, 3.8) is 0 Å². The van der Waals surface area contributed by atoms with E-state index in [0.29, 0.717) is 12.1 Å². The molecule has 2 aliphatic rings. The summed E-state index contributed by atoms with van der Waals surface area (Å²) in [6, 6.07) is 0.632. The van der Waals surface area contributed by atoms with Gasteiger partial charge >= 0.3 is 0 Å². The summed E-state index contributed by atoms with van der Waals surface area (Å²) in [4.78, 5) is 17.6. The molecule has 0 radical (unpaired) electrons. The van der Waals surface area contributed by atoms with Crippen molar-refractivity contribution in [2.75, 3.05) is 36.0 Å². The fourth-order valence-electron chi connectivity index (χ4n) is 2.78. The number of piperidine rings is 2. The van der Waals surface area contributed by atoms with Crippen LogP contribution in [0.4, 0.5) is 11.9 Å². The van der Waals surface area contributed by atoms with Gasteiger partial charge in [-0.2, -0.15) is 4.98 Å². The number of nitrogens with zero attached hydrogens (tertiary/aromatic N) is 5. The molecular formula is C13H23N7. The maximum atomic E-state index is 5.93. The molecule has 0 bridgehead atoms. The highest BCUT2D eigenvalue weighted by Crippen LogP contribution is 2.19. The molecule has 1 aromatic heterocycles. The van der Waals surface area contributed by atoms with Gasteiger partial charge in [0.2, 0.25) is 11.9 Å². The monoisotopic (exact) mass is 277 g/mol. The molecule has 0 aliphatic carbocycles. The highest BCUT2D eigenvalue weighted by Gasteiger charge is 2.21. The summed E-state index contributed by atoms with van der Waals surface area (Å²) in [5, 5.41) is 0. The Balaban J connectivity index is 1.69. The quantitative estimate of drug-likeness (QED) is 0.767. The SMILES string of the molecule is NC1CCN(c2ncnc(N3CCC(N)CC3)n2)CC1. The third-order valence-corrected chi connectivity index (χ3v) is 4.19. The van der Waals surface area contributed by atoms with E-state index in [-0.39, 0.29) is 0 Å². The van der Waals surface area contributed by atoms with Crippen LogP contribution in [0.25, 0.3) is 0 Å². The van der Waals surface area contributed by atoms with Crippen LogP contribution in [0.15, 0.2) is 6.33 Å². The van der Waals surface area contributed by atoms with Gasteiger partial charge in [0.1, 0.15) is 6.33 Å². The average Bonchev–Trinajstić information content (AvgIpc) is 2.49. The molecule has 3 heterocycles. The first-order valence-electron chi connectivity index (χ1n) is 7.42. The first kappa shape index (κ1) is 13.5. The highest BCUT2D eigenvalue weighted by atomic mass is 15.3. The summed E-state index contributed by atoms with van der Waals surface area (Å²) in [5.74, 6) is 1.55. The van der Waals surface area contributed by atoms with Gasteiger partial charge in [-0.25, -0.2) is 9.97 Å². The van der Waals surface area contributed by atoms with E-state index in [4.69, 9.17) is 11.5 Å². The first-order chi connectivity index (χ1) is 9.72. The molecule has 0 aromatic carbocycles. The molecule has 7 nitrogen and oxygen atoms in total. The summed E-state index contributed by atoms with van der Waals surface area (Å²) in [6.07, 6.45) is 5.61. The van der Waals surface area contributed by atoms with Gasteiger partial charge in [-0.1, -0.05) is 0 Å². The van der Waals surface area contributed by atoms with Gasteiger partial charge in [-0.15, -0.1) is 0 Å². The normalized spacial score (nSPS) is 22.3. The van der Waals surface area contributed by atoms with Crippen molar-refractivity contribution in [3.8, 4) is 0 Å². The second-order valence-electron chi connectivity index (χ2n) is 5.73. The van der Waals surface area contributed by atoms with E-state index in [1.807, 2.05) is 0 Å². The van der Waals surface area contributed by atoms with Crippen LogP contribution in [0.5, 0.6) is 0 Å². The zero-order valence-electron chi connectivity index (χ0n) is 11.8. The summed E-state index contributed by atoms with van der Waals surface area (Å²) in [7, 11) is 0. The van der Waals surface area contributed by atoms with E-state index in [1.165, 1.54) is 0 Å². The highest BCUT2D eigenvalue weighted by molar-refractivity contribution is 5.38. The van der Waals surface area contributed by atoms with E-state index < -0.39 is 0 Å². The number of aromatic nitrogens is 3. The molecule has 0 unspecified atom stereocenters. The molecule has 110 valence electrons. The van der Waals surface area contributed by atoms with Gasteiger partial charge < -0.3 is 21.3 Å². The Morgan fingerprint density at radius 1 is 0.800 bits per heavy atom. The molecule has 2 saturated heterocycles. The molecule has 0 amide bonds. The zero-order chi connectivity index (χ0) is 13.9. The van der Waals surface area contributed by atoms with Gasteiger partial charge in [0.15, 0.2) is 0 Å². The molecule has 1 aromatic rings. The molecule has 0 saturated carbocycles. The Morgan fingerprint density at radius 2 is 1.20 bits per heavy atom. The third kappa shape index (κ3) is 2.99. The van der Waals surface area contributed by atoms with E-state index in [1.54, 1.807) is 6.33 Å². The molecule has 4 N–H and O–H groups in total. The van der Waals surface area contributed by atoms with Crippen LogP contribution in [0, 0.1) is 0 Å². The Bertz CT molecular complexity index is 399. The fraction of sp³-hybridized carbons (Fsp3) is 0.769. The van der Waals surface area contributed by atoms with Gasteiger partial charge in [-0.05, 0) is 25.7 Å². The molecular weight excluding hydrogens is 254 g/mol. The van der Waals surface area contributed by atoms with Crippen LogP contribution in [-0.4, -0.2) is 53.2 Å². The Labute approximate surface area is 119 Å². The fourth-order valence-corrected chi connectivity index (χ4v) is 2.78. The topological polar surface area (TPSA) is 97.2 Å². The van der Waals surface area contributed by atoms with Crippen LogP contribution in [-0.2, 0) is 0 Å². The van der Waals surface area contributed by atoms with Crippen molar-refractivity contribution in [2.24, 2.45) is 11.5 Å². The maximum Gasteiger partial charge on any atom is 0.230 e. The minimum Gasteiger partial charge on any atom is -0.341 e. The number of hydrogen-bond donors (Lipinski definition) is 2. The van der Waals surface area contributed by atoms with Gasteiger partial charge in [0, 0.05) is 38.3 Å². The minimum absolute atomic E-state index is 0.316. The molecule has 7 heteroatoms. The first-order valence-corrected chi connectivity index (χ1v) is 7.42. The van der Waals surface area contributed by atoms with Crippen LogP contribution >= 0.6 is 0 Å². The standard InChI is InChI=1S/C13H23N7/c14-10-1-5-19(6-2-10)12-16-9-17-13(18-12)20-7-3-11(15)4-8-20/h9-11H,1-8,14-15H2. The van der Waals surface area contributed by atoms with Crippen LogP contribution in [0.3, 0.4) is 0 Å². The number of anilines is 2. The third-order valence-electron chi connectivity index (χ3n) is 4.19. The van der Waals surface area contributed by atoms with Crippen LogP contribution in [0.1, 0.15) is 25.7 Å². The van der Waals surface area contributed by atoms with Crippen molar-refractivity contribution in [1.29, 1.82) is 0 Å². The second kappa shape index (κ2) is 5.88. The molecule has 3 rings (SSSR count). The zero-order valence-corrected chi connectivity index (χ0v) is 11.8. The van der Waals surface area contributed by atoms with Gasteiger partial charge in [-0.3, -0.25) is 0 Å². The second-order valence-corrected chi connectivity index (χ2v) is 5.73. The van der Waals surface area contributed by atoms with Crippen molar-refractivity contribution >= 4 is 11.9 Å². The van der Waals surface area contributed by atoms with Gasteiger partial charge in [0.25, 0.3) is 0 Å². The summed E-state index contributed by atoms with van der Waals surface area (Å²) in [5.41, 5.74) is 11.9. The Hall–Kier alpha value is -1.47. The lowest BCUT2D eigenvalue weighted by Crippen LogP contribution is -2.42. The van der Waals surface area contributed by atoms with Crippen LogP contribution in [0.2, 0.25) is 0 Å². The molecule has 0 spiro atoms. The lowest BCUT2D eigenvalue weighted by molar-refractivity contribution is 0.488. The lowest BCUT2D eigenvalue weighted by atomic mass is 10.1. The van der Waals surface area contributed by atoms with E-state index in [0.717, 1.165) is 63.8 Å². The van der Waals surface area contributed by atoms with E-state index >= 15 is 0 Å². The Kier molecular flexibility index (Phi) is 3.98. The number of nitrogens with two attached hydrogens (primary N) is 2. The minimum atomic E-state index is 0.316. The molecule has 2 fully saturated rings. The van der Waals surface area contributed by atoms with Crippen molar-refractivity contribution in [1.82, 2.24) is 15.0 Å². The van der Waals surface area contributed by atoms with E-state index in [2.05, 4.69) is 24.8 Å². The summed E-state index contributed by atoms with van der Waals surface area (Å²) < 4.78 is 0. The summed E-state index contributed by atoms with van der Waals surface area (Å²) in [6.45, 7) is 3.70. The predicted molar refractivity (Wildman–Crippen MR) is 78.7 cm³/mol.